The van der Waals surface area contributed by atoms with Gasteiger partial charge in [0, 0.05) is 29.6 Å². The number of hydrogen-bond donors (Lipinski definition) is 2. The van der Waals surface area contributed by atoms with Crippen molar-refractivity contribution in [1.82, 2.24) is 9.88 Å². The number of aromatic nitrogens is 1. The minimum Gasteiger partial charge on any atom is -0.477 e. The van der Waals surface area contributed by atoms with Crippen molar-refractivity contribution in [2.75, 3.05) is 7.05 Å². The van der Waals surface area contributed by atoms with Crippen molar-refractivity contribution in [3.8, 4) is 0 Å². The van der Waals surface area contributed by atoms with E-state index in [0.29, 0.717) is 12.2 Å². The average molecular weight is 216 g/mol. The number of nitrogens with zero attached hydrogens (tertiary/aromatic N) is 1. The first-order valence-corrected chi connectivity index (χ1v) is 5.21. The summed E-state index contributed by atoms with van der Waals surface area (Å²) in [6.45, 7) is 1.57. The van der Waals surface area contributed by atoms with E-state index in [1.54, 1.807) is 0 Å². The summed E-state index contributed by atoms with van der Waals surface area (Å²) in [5, 5.41) is 10.2. The quantitative estimate of drug-likeness (QED) is 0.764. The third-order valence-corrected chi connectivity index (χ3v) is 3.10. The molecule has 1 aromatic heterocycles. The van der Waals surface area contributed by atoms with Crippen molar-refractivity contribution in [3.05, 3.63) is 35.0 Å². The molecule has 1 aliphatic rings. The molecular formula is C12H12N2O2. The highest BCUT2D eigenvalue weighted by Crippen LogP contribution is 2.31. The molecule has 0 bridgehead atoms. The second-order valence-corrected chi connectivity index (χ2v) is 4.30. The molecule has 3 rings (SSSR count). The molecule has 82 valence electrons. The zero-order chi connectivity index (χ0) is 11.3. The standard InChI is InChI=1S/C12H12N2O2/c1-14-5-7-3-2-4-9-10(7)8(6-14)11(13-9)12(15)16/h2-4,13H,5-6H2,1H3,(H,15,16). The predicted molar refractivity (Wildman–Crippen MR) is 60.4 cm³/mol. The lowest BCUT2D eigenvalue weighted by Gasteiger charge is -2.22. The minimum absolute atomic E-state index is 0.328. The summed E-state index contributed by atoms with van der Waals surface area (Å²) in [6, 6.07) is 5.95. The van der Waals surface area contributed by atoms with Gasteiger partial charge >= 0.3 is 5.97 Å². The molecule has 0 spiro atoms. The van der Waals surface area contributed by atoms with Gasteiger partial charge in [-0.25, -0.2) is 4.79 Å². The van der Waals surface area contributed by atoms with Crippen LogP contribution in [0.3, 0.4) is 0 Å². The Labute approximate surface area is 92.5 Å². The Kier molecular flexibility index (Phi) is 1.82. The van der Waals surface area contributed by atoms with Crippen LogP contribution < -0.4 is 0 Å². The van der Waals surface area contributed by atoms with Crippen molar-refractivity contribution in [2.45, 2.75) is 13.1 Å². The van der Waals surface area contributed by atoms with Gasteiger partial charge in [0.05, 0.1) is 0 Å². The first-order valence-electron chi connectivity index (χ1n) is 5.21. The first-order chi connectivity index (χ1) is 7.66. The lowest BCUT2D eigenvalue weighted by molar-refractivity contribution is 0.0689. The van der Waals surface area contributed by atoms with Gasteiger partial charge in [-0.05, 0) is 18.7 Å². The van der Waals surface area contributed by atoms with Crippen LogP contribution in [0.4, 0.5) is 0 Å². The van der Waals surface area contributed by atoms with Crippen LogP contribution in [0.5, 0.6) is 0 Å². The second-order valence-electron chi connectivity index (χ2n) is 4.30. The van der Waals surface area contributed by atoms with Crippen LogP contribution in [0.25, 0.3) is 10.9 Å². The zero-order valence-corrected chi connectivity index (χ0v) is 8.95. The second kappa shape index (κ2) is 3.09. The molecule has 2 heterocycles. The van der Waals surface area contributed by atoms with E-state index in [1.807, 2.05) is 19.2 Å². The Morgan fingerprint density at radius 3 is 3.00 bits per heavy atom. The van der Waals surface area contributed by atoms with E-state index in [0.717, 1.165) is 23.0 Å². The van der Waals surface area contributed by atoms with Gasteiger partial charge in [-0.2, -0.15) is 0 Å². The normalized spacial score (nSPS) is 15.6. The lowest BCUT2D eigenvalue weighted by Crippen LogP contribution is -2.22. The van der Waals surface area contributed by atoms with E-state index < -0.39 is 5.97 Å². The highest BCUT2D eigenvalue weighted by molar-refractivity contribution is 5.99. The molecule has 0 fully saturated rings. The summed E-state index contributed by atoms with van der Waals surface area (Å²) in [5.74, 6) is -0.882. The van der Waals surface area contributed by atoms with Crippen molar-refractivity contribution in [1.29, 1.82) is 0 Å². The number of benzene rings is 1. The highest BCUT2D eigenvalue weighted by Gasteiger charge is 2.23. The largest absolute Gasteiger partial charge is 0.477 e. The smallest absolute Gasteiger partial charge is 0.352 e. The van der Waals surface area contributed by atoms with E-state index in [-0.39, 0.29) is 0 Å². The molecule has 1 aromatic carbocycles. The molecule has 16 heavy (non-hydrogen) atoms. The molecule has 0 atom stereocenters. The van der Waals surface area contributed by atoms with Gasteiger partial charge in [0.25, 0.3) is 0 Å². The summed E-state index contributed by atoms with van der Waals surface area (Å²) in [4.78, 5) is 16.3. The fraction of sp³-hybridized carbons (Fsp3) is 0.250. The summed E-state index contributed by atoms with van der Waals surface area (Å²) in [5.41, 5.74) is 3.36. The zero-order valence-electron chi connectivity index (χ0n) is 8.95. The topological polar surface area (TPSA) is 56.3 Å². The molecule has 4 heteroatoms. The number of carbonyl (C=O) groups is 1. The van der Waals surface area contributed by atoms with Crippen LogP contribution in [-0.4, -0.2) is 28.0 Å². The van der Waals surface area contributed by atoms with E-state index in [9.17, 15) is 4.79 Å². The van der Waals surface area contributed by atoms with Gasteiger partial charge in [-0.15, -0.1) is 0 Å². The van der Waals surface area contributed by atoms with E-state index >= 15 is 0 Å². The molecule has 0 saturated heterocycles. The molecule has 2 aromatic rings. The first kappa shape index (κ1) is 9.42. The maximum Gasteiger partial charge on any atom is 0.352 e. The number of H-pyrrole nitrogens is 1. The molecule has 0 aliphatic carbocycles. The third kappa shape index (κ3) is 1.17. The summed E-state index contributed by atoms with van der Waals surface area (Å²) in [6.07, 6.45) is 0. The van der Waals surface area contributed by atoms with E-state index in [4.69, 9.17) is 5.11 Å². The Balaban J connectivity index is 2.38. The molecule has 0 amide bonds. The van der Waals surface area contributed by atoms with Gasteiger partial charge in [0.15, 0.2) is 0 Å². The monoisotopic (exact) mass is 216 g/mol. The predicted octanol–water partition coefficient (Wildman–Crippen LogP) is 1.81. The summed E-state index contributed by atoms with van der Waals surface area (Å²) >= 11 is 0. The molecule has 0 unspecified atom stereocenters. The van der Waals surface area contributed by atoms with Crippen molar-refractivity contribution in [3.63, 3.8) is 0 Å². The number of nitrogens with one attached hydrogen (secondary N) is 1. The fourth-order valence-electron chi connectivity index (χ4n) is 2.48. The Morgan fingerprint density at radius 2 is 2.25 bits per heavy atom. The number of carboxylic acids is 1. The molecular weight excluding hydrogens is 204 g/mol. The van der Waals surface area contributed by atoms with Crippen molar-refractivity contribution < 1.29 is 9.90 Å². The van der Waals surface area contributed by atoms with Gasteiger partial charge in [0.1, 0.15) is 5.69 Å². The van der Waals surface area contributed by atoms with Gasteiger partial charge in [-0.3, -0.25) is 4.90 Å². The van der Waals surface area contributed by atoms with E-state index in [2.05, 4.69) is 16.0 Å². The Morgan fingerprint density at radius 1 is 1.44 bits per heavy atom. The van der Waals surface area contributed by atoms with Crippen molar-refractivity contribution in [2.24, 2.45) is 0 Å². The number of aromatic amines is 1. The SMILES string of the molecule is CN1Cc2cccc3[nH]c(C(=O)O)c(c23)C1. The van der Waals surface area contributed by atoms with Crippen LogP contribution in [0, 0.1) is 0 Å². The van der Waals surface area contributed by atoms with Crippen LogP contribution in [0.15, 0.2) is 18.2 Å². The maximum absolute atomic E-state index is 11.1. The summed E-state index contributed by atoms with van der Waals surface area (Å²) < 4.78 is 0. The van der Waals surface area contributed by atoms with Gasteiger partial charge in [0.2, 0.25) is 0 Å². The number of aromatic carboxylic acids is 1. The third-order valence-electron chi connectivity index (χ3n) is 3.10. The van der Waals surface area contributed by atoms with Gasteiger partial charge < -0.3 is 10.1 Å². The van der Waals surface area contributed by atoms with Gasteiger partial charge in [-0.1, -0.05) is 12.1 Å². The molecule has 0 radical (unpaired) electrons. The minimum atomic E-state index is -0.882. The number of rotatable bonds is 1. The van der Waals surface area contributed by atoms with Crippen LogP contribution >= 0.6 is 0 Å². The van der Waals surface area contributed by atoms with Crippen LogP contribution in [-0.2, 0) is 13.1 Å². The Hall–Kier alpha value is -1.81. The van der Waals surface area contributed by atoms with Crippen molar-refractivity contribution >= 4 is 16.9 Å². The van der Waals surface area contributed by atoms with Crippen LogP contribution in [0.2, 0.25) is 0 Å². The number of carboxylic acid groups (broad SMARTS) is 1. The fourth-order valence-corrected chi connectivity index (χ4v) is 2.48. The maximum atomic E-state index is 11.1. The lowest BCUT2D eigenvalue weighted by atomic mass is 10.0. The summed E-state index contributed by atoms with van der Waals surface area (Å²) in [7, 11) is 2.00. The molecule has 2 N–H and O–H groups in total. The number of hydrogen-bond acceptors (Lipinski definition) is 2. The average Bonchev–Trinajstić information content (AvgIpc) is 2.59. The van der Waals surface area contributed by atoms with E-state index in [1.165, 1.54) is 5.56 Å². The van der Waals surface area contributed by atoms with Crippen LogP contribution in [0.1, 0.15) is 21.6 Å². The Bertz CT molecular complexity index is 586. The molecule has 1 aliphatic heterocycles. The molecule has 0 saturated carbocycles. The molecule has 4 nitrogen and oxygen atoms in total. The highest BCUT2D eigenvalue weighted by atomic mass is 16.4.